The Labute approximate surface area is 206 Å². The molecule has 9 nitrogen and oxygen atoms in total. The van der Waals surface area contributed by atoms with Crippen molar-refractivity contribution in [3.05, 3.63) is 59.7 Å². The van der Waals surface area contributed by atoms with Gasteiger partial charge in [0.1, 0.15) is 11.9 Å². The molecule has 3 aromatic rings. The van der Waals surface area contributed by atoms with Crippen LogP contribution < -0.4 is 20.1 Å². The molecule has 0 aliphatic rings. The molecule has 0 saturated heterocycles. The highest BCUT2D eigenvalue weighted by Crippen LogP contribution is 2.27. The summed E-state index contributed by atoms with van der Waals surface area (Å²) in [5.74, 6) is 1.32. The van der Waals surface area contributed by atoms with Crippen molar-refractivity contribution in [3.8, 4) is 22.9 Å². The average Bonchev–Trinajstić information content (AvgIpc) is 3.36. The van der Waals surface area contributed by atoms with Gasteiger partial charge >= 0.3 is 0 Å². The van der Waals surface area contributed by atoms with Crippen molar-refractivity contribution in [1.82, 2.24) is 20.8 Å². The molecule has 1 atom stereocenters. The third-order valence-electron chi connectivity index (χ3n) is 5.07. The second kappa shape index (κ2) is 12.7. The minimum absolute atomic E-state index is 0.0632. The van der Waals surface area contributed by atoms with Crippen molar-refractivity contribution >= 4 is 23.6 Å². The summed E-state index contributed by atoms with van der Waals surface area (Å²) in [6.07, 6.45) is 2.60. The molecule has 1 unspecified atom stereocenters. The Morgan fingerprint density at radius 1 is 1.11 bits per heavy atom. The molecule has 2 N–H and O–H groups in total. The van der Waals surface area contributed by atoms with Crippen LogP contribution in [0.5, 0.6) is 11.5 Å². The topological polar surface area (TPSA) is 116 Å². The van der Waals surface area contributed by atoms with Crippen molar-refractivity contribution in [1.29, 1.82) is 0 Å². The number of amides is 2. The fourth-order valence-corrected chi connectivity index (χ4v) is 3.69. The molecule has 11 heteroatoms. The third-order valence-corrected chi connectivity index (χ3v) is 5.72. The molecule has 1 aromatic heterocycles. The van der Waals surface area contributed by atoms with Crippen molar-refractivity contribution in [2.45, 2.75) is 18.9 Å². The SMILES string of the molecule is COc1ccc(C(=O)NCCC(=O)NC(CCSC)c2nc(-c3ccc(F)cc3)no2)cc1OC. The molecule has 0 saturated carbocycles. The molecule has 0 spiro atoms. The number of thioether (sulfide) groups is 1. The number of aromatic nitrogens is 2. The van der Waals surface area contributed by atoms with Crippen LogP contribution in [0.15, 0.2) is 47.0 Å². The third kappa shape index (κ3) is 7.19. The van der Waals surface area contributed by atoms with Crippen LogP contribution >= 0.6 is 11.8 Å². The number of rotatable bonds is 12. The summed E-state index contributed by atoms with van der Waals surface area (Å²) in [6.45, 7) is 0.138. The second-order valence-corrected chi connectivity index (χ2v) is 8.43. The number of benzene rings is 2. The fourth-order valence-electron chi connectivity index (χ4n) is 3.22. The number of hydrogen-bond acceptors (Lipinski definition) is 8. The average molecular weight is 503 g/mol. The van der Waals surface area contributed by atoms with Gasteiger partial charge in [-0.2, -0.15) is 16.7 Å². The van der Waals surface area contributed by atoms with E-state index in [0.29, 0.717) is 34.9 Å². The number of ether oxygens (including phenoxy) is 2. The first-order valence-corrected chi connectivity index (χ1v) is 12.2. The van der Waals surface area contributed by atoms with E-state index in [1.54, 1.807) is 42.1 Å². The Bertz CT molecular complexity index is 1140. The summed E-state index contributed by atoms with van der Waals surface area (Å²) < 4.78 is 28.9. The standard InChI is InChI=1S/C24H27FN4O5S/c1-32-19-9-6-16(14-20(19)33-2)23(31)26-12-10-21(30)27-18(11-13-35-3)24-28-22(29-34-24)15-4-7-17(25)8-5-15/h4-9,14,18H,10-13H2,1-3H3,(H,26,31)(H,27,30). The second-order valence-electron chi connectivity index (χ2n) is 7.44. The smallest absolute Gasteiger partial charge is 0.251 e. The lowest BCUT2D eigenvalue weighted by Crippen LogP contribution is -2.33. The lowest BCUT2D eigenvalue weighted by molar-refractivity contribution is -0.121. The number of halogens is 1. The highest BCUT2D eigenvalue weighted by molar-refractivity contribution is 7.98. The minimum atomic E-state index is -0.488. The van der Waals surface area contributed by atoms with Crippen molar-refractivity contribution in [3.63, 3.8) is 0 Å². The first-order valence-electron chi connectivity index (χ1n) is 10.8. The van der Waals surface area contributed by atoms with E-state index >= 15 is 0 Å². The fraction of sp³-hybridized carbons (Fsp3) is 0.333. The maximum Gasteiger partial charge on any atom is 0.251 e. The quantitative estimate of drug-likeness (QED) is 0.386. The van der Waals surface area contributed by atoms with E-state index in [1.807, 2.05) is 6.26 Å². The Morgan fingerprint density at radius 2 is 1.86 bits per heavy atom. The molecule has 0 fully saturated rings. The predicted molar refractivity (Wildman–Crippen MR) is 130 cm³/mol. The van der Waals surface area contributed by atoms with Gasteiger partial charge in [0.25, 0.3) is 5.91 Å². The molecule has 3 rings (SSSR count). The molecular weight excluding hydrogens is 475 g/mol. The van der Waals surface area contributed by atoms with Crippen LogP contribution in [0.1, 0.15) is 35.1 Å². The van der Waals surface area contributed by atoms with Gasteiger partial charge in [-0.15, -0.1) is 0 Å². The molecule has 0 radical (unpaired) electrons. The van der Waals surface area contributed by atoms with Gasteiger partial charge in [-0.3, -0.25) is 9.59 Å². The van der Waals surface area contributed by atoms with E-state index < -0.39 is 6.04 Å². The van der Waals surface area contributed by atoms with Crippen LogP contribution in [-0.2, 0) is 4.79 Å². The predicted octanol–water partition coefficient (Wildman–Crippen LogP) is 3.62. The van der Waals surface area contributed by atoms with Crippen LogP contribution in [0.25, 0.3) is 11.4 Å². The zero-order chi connectivity index (χ0) is 25.2. The van der Waals surface area contributed by atoms with Crippen LogP contribution in [0.2, 0.25) is 0 Å². The van der Waals surface area contributed by atoms with Crippen molar-refractivity contribution in [2.75, 3.05) is 32.8 Å². The number of nitrogens with one attached hydrogen (secondary N) is 2. The largest absolute Gasteiger partial charge is 0.493 e. The summed E-state index contributed by atoms with van der Waals surface area (Å²) in [7, 11) is 3.00. The molecule has 0 aliphatic carbocycles. The summed E-state index contributed by atoms with van der Waals surface area (Å²) >= 11 is 1.62. The number of methoxy groups -OCH3 is 2. The first-order chi connectivity index (χ1) is 16.9. The highest BCUT2D eigenvalue weighted by atomic mass is 32.2. The van der Waals surface area contributed by atoms with E-state index in [9.17, 15) is 14.0 Å². The Kier molecular flexibility index (Phi) is 9.47. The highest BCUT2D eigenvalue weighted by Gasteiger charge is 2.22. The summed E-state index contributed by atoms with van der Waals surface area (Å²) in [6, 6.07) is 10.1. The van der Waals surface area contributed by atoms with Gasteiger partial charge < -0.3 is 24.6 Å². The van der Waals surface area contributed by atoms with Crippen LogP contribution in [0.4, 0.5) is 4.39 Å². The Morgan fingerprint density at radius 3 is 2.54 bits per heavy atom. The molecule has 0 aliphatic heterocycles. The number of carbonyl (C=O) groups excluding carboxylic acids is 2. The normalized spacial score (nSPS) is 11.5. The van der Waals surface area contributed by atoms with E-state index in [1.165, 1.54) is 26.4 Å². The van der Waals surface area contributed by atoms with Gasteiger partial charge in [0.15, 0.2) is 11.5 Å². The molecule has 35 heavy (non-hydrogen) atoms. The van der Waals surface area contributed by atoms with E-state index in [0.717, 1.165) is 5.75 Å². The van der Waals surface area contributed by atoms with Gasteiger partial charge in [-0.05, 0) is 60.9 Å². The van der Waals surface area contributed by atoms with Crippen molar-refractivity contribution in [2.24, 2.45) is 0 Å². The Hall–Kier alpha value is -3.60. The Balaban J connectivity index is 1.57. The van der Waals surface area contributed by atoms with E-state index in [4.69, 9.17) is 14.0 Å². The summed E-state index contributed by atoms with van der Waals surface area (Å²) in [5.41, 5.74) is 0.995. The number of hydrogen-bond donors (Lipinski definition) is 2. The van der Waals surface area contributed by atoms with Crippen LogP contribution in [0, 0.1) is 5.82 Å². The van der Waals surface area contributed by atoms with Crippen molar-refractivity contribution < 1.29 is 28.0 Å². The van der Waals surface area contributed by atoms with E-state index in [2.05, 4.69) is 20.8 Å². The molecule has 2 amide bonds. The van der Waals surface area contributed by atoms with Gasteiger partial charge in [-0.25, -0.2) is 4.39 Å². The minimum Gasteiger partial charge on any atom is -0.493 e. The van der Waals surface area contributed by atoms with Crippen LogP contribution in [0.3, 0.4) is 0 Å². The van der Waals surface area contributed by atoms with Gasteiger partial charge in [0, 0.05) is 24.1 Å². The molecular formula is C24H27FN4O5S. The van der Waals surface area contributed by atoms with Gasteiger partial charge in [-0.1, -0.05) is 5.16 Å². The lowest BCUT2D eigenvalue weighted by Gasteiger charge is -2.15. The zero-order valence-corrected chi connectivity index (χ0v) is 20.5. The number of carbonyl (C=O) groups is 2. The maximum absolute atomic E-state index is 13.2. The monoisotopic (exact) mass is 502 g/mol. The molecule has 1 heterocycles. The van der Waals surface area contributed by atoms with Gasteiger partial charge in [0.05, 0.1) is 14.2 Å². The zero-order valence-electron chi connectivity index (χ0n) is 19.7. The number of nitrogens with zero attached hydrogens (tertiary/aromatic N) is 2. The lowest BCUT2D eigenvalue weighted by atomic mass is 10.2. The summed E-state index contributed by atoms with van der Waals surface area (Å²) in [4.78, 5) is 29.4. The molecule has 186 valence electrons. The van der Waals surface area contributed by atoms with E-state index in [-0.39, 0.29) is 36.5 Å². The molecule has 0 bridgehead atoms. The van der Waals surface area contributed by atoms with Gasteiger partial charge in [0.2, 0.25) is 17.6 Å². The molecule has 2 aromatic carbocycles. The maximum atomic E-state index is 13.2. The van der Waals surface area contributed by atoms with Crippen LogP contribution in [-0.4, -0.2) is 54.7 Å². The summed E-state index contributed by atoms with van der Waals surface area (Å²) in [5, 5.41) is 9.57. The first kappa shape index (κ1) is 26.0.